The standard InChI is InChI=1S/C24H50O4Si2/c1-5-9-15-21(16-10-6-2)23(25)27-29-19-13-14-20-30-28-24(26)22(17-11-7-3)18-12-8-4/h21-22H,5-20,29-30H2,1-4H3. The van der Waals surface area contributed by atoms with E-state index in [-0.39, 0.29) is 23.8 Å². The molecule has 0 aliphatic heterocycles. The van der Waals surface area contributed by atoms with Crippen molar-refractivity contribution in [1.82, 2.24) is 0 Å². The maximum absolute atomic E-state index is 12.3. The Morgan fingerprint density at radius 3 is 1.13 bits per heavy atom. The smallest absolute Gasteiger partial charge is 0.295 e. The van der Waals surface area contributed by atoms with E-state index in [1.807, 2.05) is 0 Å². The highest BCUT2D eigenvalue weighted by Crippen LogP contribution is 2.19. The molecule has 0 atom stereocenters. The van der Waals surface area contributed by atoms with Gasteiger partial charge >= 0.3 is 0 Å². The topological polar surface area (TPSA) is 52.6 Å². The molecule has 178 valence electrons. The summed E-state index contributed by atoms with van der Waals surface area (Å²) in [6, 6.07) is 2.11. The molecule has 0 unspecified atom stereocenters. The minimum atomic E-state index is -0.750. The van der Waals surface area contributed by atoms with E-state index in [0.29, 0.717) is 0 Å². The first kappa shape index (κ1) is 29.4. The Hall–Kier alpha value is -0.626. The molecule has 0 saturated heterocycles. The molecule has 0 rings (SSSR count). The molecular weight excluding hydrogens is 408 g/mol. The number of hydrogen-bond donors (Lipinski definition) is 0. The molecule has 0 aliphatic carbocycles. The molecule has 0 radical (unpaired) electrons. The minimum Gasteiger partial charge on any atom is -0.525 e. The van der Waals surface area contributed by atoms with Crippen molar-refractivity contribution in [2.75, 3.05) is 0 Å². The van der Waals surface area contributed by atoms with Crippen LogP contribution in [-0.2, 0) is 18.4 Å². The maximum atomic E-state index is 12.3. The van der Waals surface area contributed by atoms with Crippen LogP contribution in [0.1, 0.15) is 118 Å². The van der Waals surface area contributed by atoms with E-state index in [9.17, 15) is 9.59 Å². The van der Waals surface area contributed by atoms with Crippen molar-refractivity contribution in [3.05, 3.63) is 0 Å². The first-order valence-electron chi connectivity index (χ1n) is 12.9. The van der Waals surface area contributed by atoms with Gasteiger partial charge in [0.2, 0.25) is 19.5 Å². The molecule has 0 heterocycles. The van der Waals surface area contributed by atoms with E-state index >= 15 is 0 Å². The fraction of sp³-hybridized carbons (Fsp3) is 0.917. The molecule has 0 N–H and O–H groups in total. The van der Waals surface area contributed by atoms with E-state index in [0.717, 1.165) is 102 Å². The van der Waals surface area contributed by atoms with Crippen LogP contribution in [-0.4, -0.2) is 31.5 Å². The quantitative estimate of drug-likeness (QED) is 0.160. The van der Waals surface area contributed by atoms with Gasteiger partial charge in [0.05, 0.1) is 11.8 Å². The summed E-state index contributed by atoms with van der Waals surface area (Å²) in [5, 5.41) is 0. The van der Waals surface area contributed by atoms with Crippen LogP contribution in [0.2, 0.25) is 12.1 Å². The lowest BCUT2D eigenvalue weighted by atomic mass is 9.96. The van der Waals surface area contributed by atoms with Crippen molar-refractivity contribution in [3.63, 3.8) is 0 Å². The summed E-state index contributed by atoms with van der Waals surface area (Å²) in [4.78, 5) is 24.7. The van der Waals surface area contributed by atoms with Crippen molar-refractivity contribution in [1.29, 1.82) is 0 Å². The first-order chi connectivity index (χ1) is 14.6. The van der Waals surface area contributed by atoms with Gasteiger partial charge in [-0.3, -0.25) is 9.59 Å². The first-order valence-corrected chi connectivity index (χ1v) is 16.1. The molecule has 0 aromatic heterocycles. The van der Waals surface area contributed by atoms with Crippen LogP contribution in [0.25, 0.3) is 0 Å². The van der Waals surface area contributed by atoms with Crippen LogP contribution < -0.4 is 0 Å². The average molecular weight is 459 g/mol. The van der Waals surface area contributed by atoms with E-state index in [1.165, 1.54) is 0 Å². The van der Waals surface area contributed by atoms with Crippen LogP contribution in [0, 0.1) is 11.8 Å². The number of carbonyl (C=O) groups excluding carboxylic acids is 2. The van der Waals surface area contributed by atoms with Crippen molar-refractivity contribution in [3.8, 4) is 0 Å². The molecule has 6 heteroatoms. The number of unbranched alkanes of at least 4 members (excludes halogenated alkanes) is 5. The van der Waals surface area contributed by atoms with E-state index in [4.69, 9.17) is 8.85 Å². The van der Waals surface area contributed by atoms with Gasteiger partial charge in [0.15, 0.2) is 0 Å². The zero-order valence-corrected chi connectivity index (χ0v) is 23.3. The Morgan fingerprint density at radius 1 is 0.567 bits per heavy atom. The number of hydrogen-bond acceptors (Lipinski definition) is 4. The predicted molar refractivity (Wildman–Crippen MR) is 133 cm³/mol. The van der Waals surface area contributed by atoms with Crippen LogP contribution in [0.15, 0.2) is 0 Å². The van der Waals surface area contributed by atoms with Gasteiger partial charge in [0, 0.05) is 0 Å². The summed E-state index contributed by atoms with van der Waals surface area (Å²) in [5.74, 6) is 0.379. The third-order valence-corrected chi connectivity index (χ3v) is 8.37. The number of carbonyl (C=O) groups is 2. The summed E-state index contributed by atoms with van der Waals surface area (Å²) >= 11 is 0. The fourth-order valence-electron chi connectivity index (χ4n) is 3.70. The highest BCUT2D eigenvalue weighted by Gasteiger charge is 2.19. The summed E-state index contributed by atoms with van der Waals surface area (Å²) in [5.41, 5.74) is 0. The fourth-order valence-corrected chi connectivity index (χ4v) is 5.98. The van der Waals surface area contributed by atoms with Gasteiger partial charge < -0.3 is 8.85 Å². The molecule has 0 aromatic carbocycles. The molecule has 0 saturated carbocycles. The van der Waals surface area contributed by atoms with Gasteiger partial charge in [0.1, 0.15) is 0 Å². The Balaban J connectivity index is 3.88. The summed E-state index contributed by atoms with van der Waals surface area (Å²) in [6.45, 7) is 8.70. The lowest BCUT2D eigenvalue weighted by molar-refractivity contribution is -0.140. The van der Waals surface area contributed by atoms with Gasteiger partial charge in [-0.15, -0.1) is 0 Å². The van der Waals surface area contributed by atoms with E-state index in [1.54, 1.807) is 0 Å². The maximum Gasteiger partial charge on any atom is 0.295 e. The third-order valence-electron chi connectivity index (χ3n) is 5.82. The normalized spacial score (nSPS) is 12.1. The molecule has 0 aliphatic rings. The zero-order chi connectivity index (χ0) is 22.5. The van der Waals surface area contributed by atoms with Gasteiger partial charge in [-0.2, -0.15) is 0 Å². The van der Waals surface area contributed by atoms with Crippen LogP contribution in [0.4, 0.5) is 0 Å². The third kappa shape index (κ3) is 16.1. The van der Waals surface area contributed by atoms with Gasteiger partial charge in [-0.05, 0) is 37.8 Å². The molecule has 0 spiro atoms. The number of rotatable bonds is 21. The van der Waals surface area contributed by atoms with Crippen molar-refractivity contribution in [2.24, 2.45) is 11.8 Å². The molecule has 0 fully saturated rings. The summed E-state index contributed by atoms with van der Waals surface area (Å²) in [7, 11) is -1.50. The lowest BCUT2D eigenvalue weighted by Gasteiger charge is -2.16. The van der Waals surface area contributed by atoms with Crippen molar-refractivity contribution >= 4 is 31.5 Å². The second-order valence-corrected chi connectivity index (χ2v) is 11.5. The van der Waals surface area contributed by atoms with Gasteiger partial charge in [-0.25, -0.2) is 0 Å². The SMILES string of the molecule is CCCCC(CCCC)C(=O)O[SiH2]CCCC[SiH2]OC(=O)C(CCCC)CCCC. The average Bonchev–Trinajstić information content (AvgIpc) is 2.75. The van der Waals surface area contributed by atoms with Crippen molar-refractivity contribution < 1.29 is 18.4 Å². The Bertz CT molecular complexity index is 364. The summed E-state index contributed by atoms with van der Waals surface area (Å²) < 4.78 is 11.4. The van der Waals surface area contributed by atoms with Gasteiger partial charge in [-0.1, -0.05) is 91.9 Å². The van der Waals surface area contributed by atoms with Crippen LogP contribution in [0.5, 0.6) is 0 Å². The van der Waals surface area contributed by atoms with Crippen LogP contribution in [0.3, 0.4) is 0 Å². The predicted octanol–water partition coefficient (Wildman–Crippen LogP) is 5.85. The van der Waals surface area contributed by atoms with E-state index < -0.39 is 19.5 Å². The Kier molecular flexibility index (Phi) is 21.1. The summed E-state index contributed by atoms with van der Waals surface area (Å²) in [6.07, 6.45) is 15.2. The van der Waals surface area contributed by atoms with Crippen LogP contribution >= 0.6 is 0 Å². The van der Waals surface area contributed by atoms with Gasteiger partial charge in [0.25, 0.3) is 11.9 Å². The zero-order valence-electron chi connectivity index (χ0n) is 20.5. The minimum absolute atomic E-state index is 0.0667. The second kappa shape index (κ2) is 21.6. The highest BCUT2D eigenvalue weighted by molar-refractivity contribution is 6.31. The Morgan fingerprint density at radius 2 is 0.867 bits per heavy atom. The molecule has 30 heavy (non-hydrogen) atoms. The monoisotopic (exact) mass is 458 g/mol. The lowest BCUT2D eigenvalue weighted by Crippen LogP contribution is -2.20. The van der Waals surface area contributed by atoms with E-state index in [2.05, 4.69) is 27.7 Å². The molecule has 0 amide bonds. The molecule has 4 nitrogen and oxygen atoms in total. The molecular formula is C24H50O4Si2. The van der Waals surface area contributed by atoms with Crippen molar-refractivity contribution in [2.45, 2.75) is 130 Å². The molecule has 0 bridgehead atoms. The molecule has 0 aromatic rings. The Labute approximate surface area is 191 Å². The highest BCUT2D eigenvalue weighted by atomic mass is 28.2. The largest absolute Gasteiger partial charge is 0.525 e. The second-order valence-electron chi connectivity index (χ2n) is 8.71.